The van der Waals surface area contributed by atoms with Crippen molar-refractivity contribution < 1.29 is 13.2 Å². The Kier molecular flexibility index (Phi) is 5.23. The zero-order valence-corrected chi connectivity index (χ0v) is 10.5. The van der Waals surface area contributed by atoms with Crippen LogP contribution in [0, 0.1) is 5.92 Å². The average molecular weight is 236 g/mol. The number of hydrogen-bond acceptors (Lipinski definition) is 4. The molecular weight excluding hydrogens is 216 g/mol. The summed E-state index contributed by atoms with van der Waals surface area (Å²) < 4.78 is 24.6. The summed E-state index contributed by atoms with van der Waals surface area (Å²) in [4.78, 5) is 11.3. The van der Waals surface area contributed by atoms with Gasteiger partial charge in [-0.1, -0.05) is 13.8 Å². The lowest BCUT2D eigenvalue weighted by Gasteiger charge is -2.15. The molecule has 90 valence electrons. The molecule has 0 bridgehead atoms. The molecule has 0 saturated heterocycles. The number of sulfonamides is 1. The highest BCUT2D eigenvalue weighted by atomic mass is 32.2. The Hall–Kier alpha value is -0.620. The number of carbonyl (C=O) groups excluding carboxylic acids is 1. The first-order chi connectivity index (χ1) is 6.66. The van der Waals surface area contributed by atoms with Crippen molar-refractivity contribution in [2.24, 2.45) is 11.7 Å². The van der Waals surface area contributed by atoms with Gasteiger partial charge in [0.15, 0.2) is 0 Å². The largest absolute Gasteiger partial charge is 0.327 e. The molecule has 0 radical (unpaired) electrons. The molecule has 0 saturated carbocycles. The Morgan fingerprint density at radius 3 is 2.07 bits per heavy atom. The maximum Gasteiger partial charge on any atom is 0.237 e. The summed E-state index contributed by atoms with van der Waals surface area (Å²) in [7, 11) is -3.52. The van der Waals surface area contributed by atoms with Gasteiger partial charge in [0.2, 0.25) is 15.9 Å². The summed E-state index contributed by atoms with van der Waals surface area (Å²) in [5.41, 5.74) is 5.66. The second-order valence-corrected chi connectivity index (χ2v) is 6.47. The van der Waals surface area contributed by atoms with Gasteiger partial charge in [-0.15, -0.1) is 0 Å². The van der Waals surface area contributed by atoms with E-state index in [0.717, 1.165) is 0 Å². The van der Waals surface area contributed by atoms with Crippen LogP contribution in [0.25, 0.3) is 0 Å². The zero-order chi connectivity index (χ0) is 12.2. The van der Waals surface area contributed by atoms with E-state index in [1.54, 1.807) is 0 Å². The average Bonchev–Trinajstić information content (AvgIpc) is 2.01. The van der Waals surface area contributed by atoms with Gasteiger partial charge >= 0.3 is 0 Å². The van der Waals surface area contributed by atoms with E-state index in [4.69, 9.17) is 5.73 Å². The van der Waals surface area contributed by atoms with Crippen LogP contribution in [-0.4, -0.2) is 25.6 Å². The Bertz CT molecular complexity index is 309. The van der Waals surface area contributed by atoms with E-state index in [-0.39, 0.29) is 18.4 Å². The van der Waals surface area contributed by atoms with Crippen molar-refractivity contribution in [1.82, 2.24) is 4.72 Å². The van der Waals surface area contributed by atoms with Crippen molar-refractivity contribution in [3.05, 3.63) is 0 Å². The van der Waals surface area contributed by atoms with Crippen molar-refractivity contribution in [1.29, 1.82) is 0 Å². The molecular formula is C9H20N2O3S. The van der Waals surface area contributed by atoms with E-state index >= 15 is 0 Å². The smallest absolute Gasteiger partial charge is 0.237 e. The minimum Gasteiger partial charge on any atom is -0.327 e. The molecule has 1 amide bonds. The van der Waals surface area contributed by atoms with Crippen LogP contribution in [-0.2, 0) is 14.8 Å². The van der Waals surface area contributed by atoms with Gasteiger partial charge in [-0.3, -0.25) is 9.52 Å². The molecule has 0 rings (SSSR count). The summed E-state index contributed by atoms with van der Waals surface area (Å²) in [6, 6.07) is -0.313. The molecule has 0 heterocycles. The number of carbonyl (C=O) groups is 1. The lowest BCUT2D eigenvalue weighted by Crippen LogP contribution is -2.40. The third-order valence-electron chi connectivity index (χ3n) is 2.15. The van der Waals surface area contributed by atoms with Crippen LogP contribution in [0.3, 0.4) is 0 Å². The quantitative estimate of drug-likeness (QED) is 0.714. The van der Waals surface area contributed by atoms with Crippen LogP contribution in [0.15, 0.2) is 0 Å². The monoisotopic (exact) mass is 236 g/mol. The summed E-state index contributed by atoms with van der Waals surface area (Å²) in [6.07, 6.45) is 0.0314. The molecule has 15 heavy (non-hydrogen) atoms. The van der Waals surface area contributed by atoms with Crippen LogP contribution in [0.2, 0.25) is 0 Å². The van der Waals surface area contributed by atoms with E-state index < -0.39 is 21.2 Å². The van der Waals surface area contributed by atoms with Crippen LogP contribution in [0.1, 0.15) is 34.1 Å². The molecule has 0 aromatic carbocycles. The van der Waals surface area contributed by atoms with Crippen LogP contribution < -0.4 is 10.5 Å². The lowest BCUT2D eigenvalue weighted by atomic mass is 10.0. The summed E-state index contributed by atoms with van der Waals surface area (Å²) in [5, 5.41) is -0.614. The normalized spacial score (nSPS) is 14.3. The maximum atomic E-state index is 11.3. The molecule has 3 N–H and O–H groups in total. The van der Waals surface area contributed by atoms with Crippen molar-refractivity contribution in [2.75, 3.05) is 0 Å². The molecule has 0 aliphatic rings. The van der Waals surface area contributed by atoms with E-state index in [1.165, 1.54) is 13.8 Å². The molecule has 0 fully saturated rings. The Balaban J connectivity index is 4.28. The number of hydrogen-bond donors (Lipinski definition) is 2. The fourth-order valence-electron chi connectivity index (χ4n) is 0.768. The molecule has 1 atom stereocenters. The van der Waals surface area contributed by atoms with Gasteiger partial charge in [-0.05, 0) is 19.8 Å². The second kappa shape index (κ2) is 5.46. The minimum atomic E-state index is -3.52. The molecule has 0 aromatic heterocycles. The highest BCUT2D eigenvalue weighted by molar-refractivity contribution is 7.90. The van der Waals surface area contributed by atoms with Gasteiger partial charge in [0.25, 0.3) is 0 Å². The second-order valence-electron chi connectivity index (χ2n) is 4.23. The Morgan fingerprint density at radius 1 is 1.27 bits per heavy atom. The van der Waals surface area contributed by atoms with Gasteiger partial charge in [0.1, 0.15) is 0 Å². The molecule has 6 heteroatoms. The van der Waals surface area contributed by atoms with E-state index in [9.17, 15) is 13.2 Å². The third-order valence-corrected chi connectivity index (χ3v) is 3.91. The standard InChI is InChI=1S/C9H20N2O3S/c1-6(2)8(10)5-9(12)11-15(13,14)7(3)4/h6-8H,5,10H2,1-4H3,(H,11,12). The van der Waals surface area contributed by atoms with Crippen molar-refractivity contribution in [2.45, 2.75) is 45.4 Å². The SMILES string of the molecule is CC(C)C(N)CC(=O)NS(=O)(=O)C(C)C. The fraction of sp³-hybridized carbons (Fsp3) is 0.889. The fourth-order valence-corrected chi connectivity index (χ4v) is 1.40. The summed E-state index contributed by atoms with van der Waals surface area (Å²) in [5.74, 6) is -0.387. The van der Waals surface area contributed by atoms with Crippen LogP contribution >= 0.6 is 0 Å². The molecule has 0 spiro atoms. The van der Waals surface area contributed by atoms with Gasteiger partial charge in [0, 0.05) is 12.5 Å². The van der Waals surface area contributed by atoms with E-state index in [0.29, 0.717) is 0 Å². The third kappa shape index (κ3) is 5.13. The highest BCUT2D eigenvalue weighted by Crippen LogP contribution is 2.04. The number of amides is 1. The molecule has 0 aliphatic carbocycles. The number of rotatable bonds is 5. The zero-order valence-electron chi connectivity index (χ0n) is 9.65. The Labute approximate surface area is 91.5 Å². The minimum absolute atomic E-state index is 0.0314. The van der Waals surface area contributed by atoms with E-state index in [1.807, 2.05) is 18.6 Å². The topological polar surface area (TPSA) is 89.3 Å². The van der Waals surface area contributed by atoms with Crippen molar-refractivity contribution in [3.8, 4) is 0 Å². The highest BCUT2D eigenvalue weighted by Gasteiger charge is 2.21. The number of nitrogens with one attached hydrogen (secondary N) is 1. The molecule has 0 aliphatic heterocycles. The molecule has 5 nitrogen and oxygen atoms in total. The maximum absolute atomic E-state index is 11.3. The summed E-state index contributed by atoms with van der Waals surface area (Å²) >= 11 is 0. The van der Waals surface area contributed by atoms with Gasteiger partial charge in [-0.2, -0.15) is 0 Å². The van der Waals surface area contributed by atoms with Crippen LogP contribution in [0.5, 0.6) is 0 Å². The van der Waals surface area contributed by atoms with Gasteiger partial charge in [0.05, 0.1) is 5.25 Å². The molecule has 0 aromatic rings. The van der Waals surface area contributed by atoms with Crippen molar-refractivity contribution in [3.63, 3.8) is 0 Å². The van der Waals surface area contributed by atoms with Gasteiger partial charge < -0.3 is 5.73 Å². The predicted molar refractivity (Wildman–Crippen MR) is 59.6 cm³/mol. The Morgan fingerprint density at radius 2 is 1.73 bits per heavy atom. The first-order valence-corrected chi connectivity index (χ1v) is 6.51. The number of nitrogens with two attached hydrogens (primary N) is 1. The summed E-state index contributed by atoms with van der Waals surface area (Å²) in [6.45, 7) is 6.79. The first kappa shape index (κ1) is 14.4. The lowest BCUT2D eigenvalue weighted by molar-refractivity contribution is -0.119. The van der Waals surface area contributed by atoms with Gasteiger partial charge in [-0.25, -0.2) is 8.42 Å². The van der Waals surface area contributed by atoms with Crippen molar-refractivity contribution >= 4 is 15.9 Å². The predicted octanol–water partition coefficient (Wildman–Crippen LogP) is 0.214. The first-order valence-electron chi connectivity index (χ1n) is 4.97. The van der Waals surface area contributed by atoms with Crippen LogP contribution in [0.4, 0.5) is 0 Å². The molecule has 1 unspecified atom stereocenters. The van der Waals surface area contributed by atoms with E-state index in [2.05, 4.69) is 0 Å².